The van der Waals surface area contributed by atoms with E-state index in [2.05, 4.69) is 26.7 Å². The lowest BCUT2D eigenvalue weighted by molar-refractivity contribution is 0.798. The second kappa shape index (κ2) is 4.84. The molecule has 0 aliphatic rings. The van der Waals surface area contributed by atoms with Crippen molar-refractivity contribution in [3.8, 4) is 10.6 Å². The maximum absolute atomic E-state index is 4.65. The predicted octanol–water partition coefficient (Wildman–Crippen LogP) is 3.08. The number of nitrogens with one attached hydrogen (secondary N) is 1. The van der Waals surface area contributed by atoms with Gasteiger partial charge in [-0.05, 0) is 19.2 Å². The van der Waals surface area contributed by atoms with Crippen LogP contribution in [0.3, 0.4) is 0 Å². The predicted molar refractivity (Wildman–Crippen MR) is 75.6 cm³/mol. The van der Waals surface area contributed by atoms with Crippen molar-refractivity contribution in [1.29, 1.82) is 0 Å². The number of nitrogens with zero attached hydrogens (tertiary/aromatic N) is 2. The Bertz CT molecular complexity index is 670. The molecule has 0 spiro atoms. The van der Waals surface area contributed by atoms with Crippen LogP contribution in [-0.2, 0) is 6.54 Å². The molecule has 3 nitrogen and oxygen atoms in total. The SMILES string of the molecule is CNCc1csc(-c2ccnc3ccccc23)n1. The average Bonchev–Trinajstić information content (AvgIpc) is 2.87. The summed E-state index contributed by atoms with van der Waals surface area (Å²) in [7, 11) is 1.93. The van der Waals surface area contributed by atoms with E-state index in [0.29, 0.717) is 0 Å². The zero-order valence-corrected chi connectivity index (χ0v) is 10.9. The molecule has 2 heterocycles. The third-order valence-electron chi connectivity index (χ3n) is 2.79. The largest absolute Gasteiger partial charge is 0.314 e. The molecular formula is C14H13N3S. The van der Waals surface area contributed by atoms with Crippen molar-refractivity contribution in [2.75, 3.05) is 7.05 Å². The molecule has 0 unspecified atom stereocenters. The number of para-hydroxylation sites is 1. The topological polar surface area (TPSA) is 37.8 Å². The summed E-state index contributed by atoms with van der Waals surface area (Å²) in [5.41, 5.74) is 3.26. The van der Waals surface area contributed by atoms with E-state index in [-0.39, 0.29) is 0 Å². The van der Waals surface area contributed by atoms with Gasteiger partial charge in [0.15, 0.2) is 0 Å². The summed E-state index contributed by atoms with van der Waals surface area (Å²) >= 11 is 1.68. The van der Waals surface area contributed by atoms with Crippen LogP contribution >= 0.6 is 11.3 Å². The van der Waals surface area contributed by atoms with E-state index in [0.717, 1.165) is 33.7 Å². The fourth-order valence-electron chi connectivity index (χ4n) is 1.98. The van der Waals surface area contributed by atoms with Crippen LogP contribution in [0.15, 0.2) is 41.9 Å². The van der Waals surface area contributed by atoms with Crippen molar-refractivity contribution >= 4 is 22.2 Å². The van der Waals surface area contributed by atoms with E-state index in [9.17, 15) is 0 Å². The third-order valence-corrected chi connectivity index (χ3v) is 3.71. The van der Waals surface area contributed by atoms with Gasteiger partial charge in [-0.3, -0.25) is 4.98 Å². The van der Waals surface area contributed by atoms with Gasteiger partial charge in [0, 0.05) is 29.1 Å². The normalized spacial score (nSPS) is 10.9. The van der Waals surface area contributed by atoms with Gasteiger partial charge in [-0.1, -0.05) is 18.2 Å². The Morgan fingerprint density at radius 1 is 1.22 bits per heavy atom. The van der Waals surface area contributed by atoms with Gasteiger partial charge in [0.05, 0.1) is 11.2 Å². The molecular weight excluding hydrogens is 242 g/mol. The van der Waals surface area contributed by atoms with Crippen molar-refractivity contribution < 1.29 is 0 Å². The van der Waals surface area contributed by atoms with E-state index in [1.807, 2.05) is 37.5 Å². The molecule has 0 radical (unpaired) electrons. The molecule has 4 heteroatoms. The van der Waals surface area contributed by atoms with Crippen molar-refractivity contribution in [1.82, 2.24) is 15.3 Å². The van der Waals surface area contributed by atoms with Gasteiger partial charge in [0.1, 0.15) is 5.01 Å². The zero-order valence-electron chi connectivity index (χ0n) is 10.1. The molecule has 0 saturated heterocycles. The number of aromatic nitrogens is 2. The molecule has 18 heavy (non-hydrogen) atoms. The van der Waals surface area contributed by atoms with Crippen LogP contribution < -0.4 is 5.32 Å². The van der Waals surface area contributed by atoms with Gasteiger partial charge >= 0.3 is 0 Å². The Kier molecular flexibility index (Phi) is 3.04. The van der Waals surface area contributed by atoms with Gasteiger partial charge < -0.3 is 5.32 Å². The maximum Gasteiger partial charge on any atom is 0.124 e. The highest BCUT2D eigenvalue weighted by Crippen LogP contribution is 2.29. The molecule has 3 aromatic rings. The van der Waals surface area contributed by atoms with Crippen LogP contribution in [0.2, 0.25) is 0 Å². The number of fused-ring (bicyclic) bond motifs is 1. The Morgan fingerprint density at radius 2 is 2.11 bits per heavy atom. The average molecular weight is 255 g/mol. The summed E-state index contributed by atoms with van der Waals surface area (Å²) in [5, 5.41) is 7.43. The summed E-state index contributed by atoms with van der Waals surface area (Å²) in [4.78, 5) is 9.02. The lowest BCUT2D eigenvalue weighted by Crippen LogP contribution is -2.04. The monoisotopic (exact) mass is 255 g/mol. The van der Waals surface area contributed by atoms with Crippen molar-refractivity contribution in [2.24, 2.45) is 0 Å². The standard InChI is InChI=1S/C14H13N3S/c1-15-8-10-9-18-14(17-10)12-6-7-16-13-5-3-2-4-11(12)13/h2-7,9,15H,8H2,1H3. The maximum atomic E-state index is 4.65. The number of pyridine rings is 1. The van der Waals surface area contributed by atoms with Gasteiger partial charge in [-0.15, -0.1) is 11.3 Å². The smallest absolute Gasteiger partial charge is 0.124 e. The molecule has 0 aliphatic carbocycles. The van der Waals surface area contributed by atoms with Gasteiger partial charge in [-0.2, -0.15) is 0 Å². The first kappa shape index (κ1) is 11.3. The fourth-order valence-corrected chi connectivity index (χ4v) is 2.83. The first-order valence-electron chi connectivity index (χ1n) is 5.81. The number of benzene rings is 1. The molecule has 90 valence electrons. The van der Waals surface area contributed by atoms with E-state index in [1.54, 1.807) is 11.3 Å². The van der Waals surface area contributed by atoms with Crippen LogP contribution in [0.5, 0.6) is 0 Å². The second-order valence-electron chi connectivity index (χ2n) is 4.05. The molecule has 0 aliphatic heterocycles. The lowest BCUT2D eigenvalue weighted by Gasteiger charge is -2.02. The minimum absolute atomic E-state index is 0.805. The first-order chi connectivity index (χ1) is 8.88. The number of rotatable bonds is 3. The van der Waals surface area contributed by atoms with Gasteiger partial charge in [0.25, 0.3) is 0 Å². The number of thiazole rings is 1. The van der Waals surface area contributed by atoms with E-state index >= 15 is 0 Å². The highest BCUT2D eigenvalue weighted by atomic mass is 32.1. The summed E-state index contributed by atoms with van der Waals surface area (Å²) < 4.78 is 0. The highest BCUT2D eigenvalue weighted by molar-refractivity contribution is 7.13. The van der Waals surface area contributed by atoms with E-state index in [4.69, 9.17) is 0 Å². The Labute approximate surface area is 110 Å². The van der Waals surface area contributed by atoms with Crippen molar-refractivity contribution in [2.45, 2.75) is 6.54 Å². The highest BCUT2D eigenvalue weighted by Gasteiger charge is 2.08. The molecule has 0 amide bonds. The Balaban J connectivity index is 2.12. The fraction of sp³-hybridized carbons (Fsp3) is 0.143. The van der Waals surface area contributed by atoms with Crippen LogP contribution in [0.25, 0.3) is 21.5 Å². The molecule has 0 atom stereocenters. The van der Waals surface area contributed by atoms with E-state index < -0.39 is 0 Å². The summed E-state index contributed by atoms with van der Waals surface area (Å²) in [6.07, 6.45) is 1.84. The van der Waals surface area contributed by atoms with Crippen LogP contribution in [0, 0.1) is 0 Å². The summed E-state index contributed by atoms with van der Waals surface area (Å²) in [6, 6.07) is 10.2. The molecule has 3 rings (SSSR count). The van der Waals surface area contributed by atoms with Gasteiger partial charge in [-0.25, -0.2) is 4.98 Å². The molecule has 0 bridgehead atoms. The lowest BCUT2D eigenvalue weighted by atomic mass is 10.1. The Morgan fingerprint density at radius 3 is 3.00 bits per heavy atom. The van der Waals surface area contributed by atoms with E-state index in [1.165, 1.54) is 0 Å². The summed E-state index contributed by atoms with van der Waals surface area (Å²) in [6.45, 7) is 0.805. The zero-order chi connectivity index (χ0) is 12.4. The minimum Gasteiger partial charge on any atom is -0.314 e. The molecule has 1 aromatic carbocycles. The second-order valence-corrected chi connectivity index (χ2v) is 4.91. The van der Waals surface area contributed by atoms with Crippen LogP contribution in [-0.4, -0.2) is 17.0 Å². The van der Waals surface area contributed by atoms with Crippen LogP contribution in [0.1, 0.15) is 5.69 Å². The third kappa shape index (κ3) is 2.00. The molecule has 0 saturated carbocycles. The molecule has 2 aromatic heterocycles. The Hall–Kier alpha value is -1.78. The quantitative estimate of drug-likeness (QED) is 0.781. The molecule has 1 N–H and O–H groups in total. The number of hydrogen-bond donors (Lipinski definition) is 1. The molecule has 0 fully saturated rings. The van der Waals surface area contributed by atoms with Crippen LogP contribution in [0.4, 0.5) is 0 Å². The minimum atomic E-state index is 0.805. The summed E-state index contributed by atoms with van der Waals surface area (Å²) in [5.74, 6) is 0. The van der Waals surface area contributed by atoms with Gasteiger partial charge in [0.2, 0.25) is 0 Å². The van der Waals surface area contributed by atoms with Crippen molar-refractivity contribution in [3.63, 3.8) is 0 Å². The van der Waals surface area contributed by atoms with Crippen molar-refractivity contribution in [3.05, 3.63) is 47.6 Å². The first-order valence-corrected chi connectivity index (χ1v) is 6.69. The number of hydrogen-bond acceptors (Lipinski definition) is 4.